The predicted molar refractivity (Wildman–Crippen MR) is 85.4 cm³/mol. The smallest absolute Gasteiger partial charge is 0.0991 e. The van der Waals surface area contributed by atoms with Gasteiger partial charge in [0, 0.05) is 37.9 Å². The zero-order valence-corrected chi connectivity index (χ0v) is 12.8. The molecule has 1 aromatic rings. The molecular weight excluding hydrogens is 260 g/mol. The van der Waals surface area contributed by atoms with Gasteiger partial charge in [0.1, 0.15) is 0 Å². The second-order valence-electron chi connectivity index (χ2n) is 6.22. The highest BCUT2D eigenvalue weighted by atomic mass is 15.3. The molecule has 2 heterocycles. The number of hydrogen-bond donors (Lipinski definition) is 1. The molecule has 2 unspecified atom stereocenters. The van der Waals surface area contributed by atoms with Gasteiger partial charge in [-0.1, -0.05) is 6.92 Å². The zero-order chi connectivity index (χ0) is 14.7. The average molecular weight is 284 g/mol. The van der Waals surface area contributed by atoms with E-state index in [1.54, 1.807) is 0 Å². The molecule has 0 aromatic heterocycles. The van der Waals surface area contributed by atoms with Crippen LogP contribution in [0.3, 0.4) is 0 Å². The van der Waals surface area contributed by atoms with Crippen molar-refractivity contribution in [3.05, 3.63) is 29.8 Å². The molecule has 0 radical (unpaired) electrons. The van der Waals surface area contributed by atoms with Crippen LogP contribution in [0.15, 0.2) is 24.3 Å². The number of nitriles is 1. The van der Waals surface area contributed by atoms with Gasteiger partial charge in [0.25, 0.3) is 0 Å². The Labute approximate surface area is 127 Å². The molecule has 3 rings (SSSR count). The topological polar surface area (TPSA) is 42.3 Å². The van der Waals surface area contributed by atoms with Crippen LogP contribution in [0.1, 0.15) is 18.9 Å². The molecule has 0 spiro atoms. The third-order valence-corrected chi connectivity index (χ3v) is 4.88. The lowest BCUT2D eigenvalue weighted by atomic mass is 9.93. The Balaban J connectivity index is 1.58. The molecule has 2 fully saturated rings. The minimum absolute atomic E-state index is 0.737. The quantitative estimate of drug-likeness (QED) is 0.897. The van der Waals surface area contributed by atoms with Gasteiger partial charge in [-0.3, -0.25) is 4.90 Å². The molecule has 0 saturated carbocycles. The molecule has 4 heteroatoms. The van der Waals surface area contributed by atoms with Crippen LogP contribution >= 0.6 is 0 Å². The Bertz CT molecular complexity index is 497. The van der Waals surface area contributed by atoms with Crippen LogP contribution in [0.4, 0.5) is 5.69 Å². The second kappa shape index (κ2) is 6.46. The number of piperazine rings is 1. The Morgan fingerprint density at radius 2 is 1.86 bits per heavy atom. The fourth-order valence-corrected chi connectivity index (χ4v) is 3.60. The van der Waals surface area contributed by atoms with E-state index in [9.17, 15) is 0 Å². The van der Waals surface area contributed by atoms with E-state index in [0.717, 1.165) is 56.8 Å². The van der Waals surface area contributed by atoms with Gasteiger partial charge in [-0.2, -0.15) is 5.26 Å². The molecule has 1 aromatic carbocycles. The maximum atomic E-state index is 8.87. The van der Waals surface area contributed by atoms with Crippen molar-refractivity contribution in [3.63, 3.8) is 0 Å². The molecule has 0 aliphatic carbocycles. The van der Waals surface area contributed by atoms with Crippen LogP contribution in [-0.2, 0) is 0 Å². The summed E-state index contributed by atoms with van der Waals surface area (Å²) in [5.41, 5.74) is 1.98. The number of rotatable bonds is 2. The third-order valence-electron chi connectivity index (χ3n) is 4.88. The summed E-state index contributed by atoms with van der Waals surface area (Å²) in [7, 11) is 0. The monoisotopic (exact) mass is 284 g/mol. The van der Waals surface area contributed by atoms with E-state index >= 15 is 0 Å². The molecule has 0 amide bonds. The minimum atomic E-state index is 0.737. The number of benzene rings is 1. The van der Waals surface area contributed by atoms with Gasteiger partial charge in [-0.25, -0.2) is 0 Å². The SMILES string of the molecule is CC1CNCCC1N1CCN(c2ccc(C#N)cc2)CC1. The maximum absolute atomic E-state index is 8.87. The Morgan fingerprint density at radius 3 is 2.48 bits per heavy atom. The van der Waals surface area contributed by atoms with Gasteiger partial charge in [0.15, 0.2) is 0 Å². The molecular formula is C17H24N4. The van der Waals surface area contributed by atoms with Crippen LogP contribution in [-0.4, -0.2) is 50.2 Å². The van der Waals surface area contributed by atoms with E-state index in [-0.39, 0.29) is 0 Å². The second-order valence-corrected chi connectivity index (χ2v) is 6.22. The van der Waals surface area contributed by atoms with Crippen LogP contribution in [0.25, 0.3) is 0 Å². The molecule has 112 valence electrons. The predicted octanol–water partition coefficient (Wildman–Crippen LogP) is 1.68. The van der Waals surface area contributed by atoms with Crippen molar-refractivity contribution >= 4 is 5.69 Å². The summed E-state index contributed by atoms with van der Waals surface area (Å²) >= 11 is 0. The number of anilines is 1. The molecule has 4 nitrogen and oxygen atoms in total. The van der Waals surface area contributed by atoms with Crippen molar-refractivity contribution in [2.75, 3.05) is 44.2 Å². The largest absolute Gasteiger partial charge is 0.369 e. The summed E-state index contributed by atoms with van der Waals surface area (Å²) in [6.07, 6.45) is 1.28. The molecule has 2 atom stereocenters. The van der Waals surface area contributed by atoms with E-state index in [0.29, 0.717) is 0 Å². The summed E-state index contributed by atoms with van der Waals surface area (Å²) in [5, 5.41) is 12.4. The first-order chi connectivity index (χ1) is 10.3. The van der Waals surface area contributed by atoms with Crippen molar-refractivity contribution in [2.24, 2.45) is 5.92 Å². The van der Waals surface area contributed by atoms with Crippen LogP contribution in [0.2, 0.25) is 0 Å². The van der Waals surface area contributed by atoms with Crippen molar-refractivity contribution < 1.29 is 0 Å². The van der Waals surface area contributed by atoms with Crippen molar-refractivity contribution in [3.8, 4) is 6.07 Å². The molecule has 2 aliphatic heterocycles. The van der Waals surface area contributed by atoms with Crippen LogP contribution < -0.4 is 10.2 Å². The maximum Gasteiger partial charge on any atom is 0.0991 e. The van der Waals surface area contributed by atoms with Gasteiger partial charge in [0.2, 0.25) is 0 Å². The highest BCUT2D eigenvalue weighted by Crippen LogP contribution is 2.22. The minimum Gasteiger partial charge on any atom is -0.369 e. The van der Waals surface area contributed by atoms with Gasteiger partial charge >= 0.3 is 0 Å². The standard InChI is InChI=1S/C17H24N4/c1-14-13-19-7-6-17(14)21-10-8-20(9-11-21)16-4-2-15(12-18)3-5-16/h2-5,14,17,19H,6-11,13H2,1H3. The van der Waals surface area contributed by atoms with E-state index in [2.05, 4.69) is 40.2 Å². The molecule has 0 bridgehead atoms. The zero-order valence-electron chi connectivity index (χ0n) is 12.8. The number of piperidine rings is 1. The van der Waals surface area contributed by atoms with E-state index in [1.807, 2.05) is 12.1 Å². The number of nitrogens with zero attached hydrogens (tertiary/aromatic N) is 3. The lowest BCUT2D eigenvalue weighted by Crippen LogP contribution is -2.55. The third kappa shape index (κ3) is 3.20. The first-order valence-corrected chi connectivity index (χ1v) is 7.98. The van der Waals surface area contributed by atoms with E-state index in [4.69, 9.17) is 5.26 Å². The van der Waals surface area contributed by atoms with Gasteiger partial charge in [-0.15, -0.1) is 0 Å². The van der Waals surface area contributed by atoms with Gasteiger partial charge in [-0.05, 0) is 49.7 Å². The highest BCUT2D eigenvalue weighted by molar-refractivity contribution is 5.50. The molecule has 21 heavy (non-hydrogen) atoms. The van der Waals surface area contributed by atoms with Crippen LogP contribution in [0.5, 0.6) is 0 Å². The first-order valence-electron chi connectivity index (χ1n) is 7.98. The fourth-order valence-electron chi connectivity index (χ4n) is 3.60. The van der Waals surface area contributed by atoms with Crippen molar-refractivity contribution in [1.29, 1.82) is 5.26 Å². The summed E-state index contributed by atoms with van der Waals surface area (Å²) in [6, 6.07) is 10.9. The fraction of sp³-hybridized carbons (Fsp3) is 0.588. The Kier molecular flexibility index (Phi) is 4.42. The van der Waals surface area contributed by atoms with E-state index in [1.165, 1.54) is 12.1 Å². The normalized spacial score (nSPS) is 27.3. The summed E-state index contributed by atoms with van der Waals surface area (Å²) < 4.78 is 0. The lowest BCUT2D eigenvalue weighted by molar-refractivity contribution is 0.113. The van der Waals surface area contributed by atoms with Gasteiger partial charge in [0.05, 0.1) is 11.6 Å². The van der Waals surface area contributed by atoms with Crippen LogP contribution in [0, 0.1) is 17.2 Å². The van der Waals surface area contributed by atoms with Crippen molar-refractivity contribution in [2.45, 2.75) is 19.4 Å². The lowest BCUT2D eigenvalue weighted by Gasteiger charge is -2.44. The Morgan fingerprint density at radius 1 is 1.14 bits per heavy atom. The molecule has 1 N–H and O–H groups in total. The van der Waals surface area contributed by atoms with Gasteiger partial charge < -0.3 is 10.2 Å². The van der Waals surface area contributed by atoms with E-state index < -0.39 is 0 Å². The average Bonchev–Trinajstić information content (AvgIpc) is 2.56. The number of nitrogens with one attached hydrogen (secondary N) is 1. The summed E-state index contributed by atoms with van der Waals surface area (Å²) in [6.45, 7) is 9.14. The highest BCUT2D eigenvalue weighted by Gasteiger charge is 2.29. The molecule has 2 aliphatic rings. The van der Waals surface area contributed by atoms with Crippen molar-refractivity contribution in [1.82, 2.24) is 10.2 Å². The molecule has 2 saturated heterocycles. The Hall–Kier alpha value is -1.57. The number of hydrogen-bond acceptors (Lipinski definition) is 4. The summed E-state index contributed by atoms with van der Waals surface area (Å²) in [4.78, 5) is 5.11. The summed E-state index contributed by atoms with van der Waals surface area (Å²) in [5.74, 6) is 0.750. The first kappa shape index (κ1) is 14.4.